The Balaban J connectivity index is 2.19. The first kappa shape index (κ1) is 15.1. The predicted octanol–water partition coefficient (Wildman–Crippen LogP) is 4.23. The molecule has 21 heavy (non-hydrogen) atoms. The van der Waals surface area contributed by atoms with Crippen LogP contribution in [0.2, 0.25) is 0 Å². The molecule has 0 saturated carbocycles. The second kappa shape index (κ2) is 6.44. The van der Waals surface area contributed by atoms with Gasteiger partial charge < -0.3 is 10.1 Å². The summed E-state index contributed by atoms with van der Waals surface area (Å²) in [5.74, 6) is 1.36. The van der Waals surface area contributed by atoms with Crippen LogP contribution in [0.5, 0.6) is 11.5 Å². The number of carbonyl (C=O) groups is 1. The van der Waals surface area contributed by atoms with Crippen molar-refractivity contribution in [3.8, 4) is 11.5 Å². The molecule has 1 amide bonds. The molecule has 0 radical (unpaired) electrons. The van der Waals surface area contributed by atoms with E-state index in [2.05, 4.69) is 11.4 Å². The lowest BCUT2D eigenvalue weighted by Crippen LogP contribution is -2.29. The molecule has 0 unspecified atom stereocenters. The van der Waals surface area contributed by atoms with Gasteiger partial charge >= 0.3 is 0 Å². The monoisotopic (exact) mass is 283 g/mol. The highest BCUT2D eigenvalue weighted by molar-refractivity contribution is 5.94. The molecule has 0 atom stereocenters. The first-order chi connectivity index (χ1) is 9.94. The van der Waals surface area contributed by atoms with E-state index in [9.17, 15) is 4.79 Å². The first-order valence-corrected chi connectivity index (χ1v) is 7.11. The van der Waals surface area contributed by atoms with Crippen molar-refractivity contribution in [2.45, 2.75) is 33.7 Å². The van der Waals surface area contributed by atoms with Crippen molar-refractivity contribution in [1.82, 2.24) is 5.32 Å². The number of benzene rings is 2. The minimum atomic E-state index is -0.0872. The van der Waals surface area contributed by atoms with Crippen LogP contribution in [0, 0.1) is 13.8 Å². The van der Waals surface area contributed by atoms with Gasteiger partial charge in [0.25, 0.3) is 5.91 Å². The van der Waals surface area contributed by atoms with Crippen molar-refractivity contribution in [1.29, 1.82) is 0 Å². The van der Waals surface area contributed by atoms with Crippen LogP contribution in [0.3, 0.4) is 0 Å². The molecular weight excluding hydrogens is 262 g/mol. The van der Waals surface area contributed by atoms with Gasteiger partial charge in [-0.25, -0.2) is 0 Å². The van der Waals surface area contributed by atoms with E-state index in [1.54, 1.807) is 12.1 Å². The molecule has 2 rings (SSSR count). The first-order valence-electron chi connectivity index (χ1n) is 7.11. The maximum Gasteiger partial charge on any atom is 0.251 e. The number of carbonyl (C=O) groups excluding carboxylic acids is 1. The van der Waals surface area contributed by atoms with Crippen molar-refractivity contribution in [3.05, 3.63) is 59.2 Å². The van der Waals surface area contributed by atoms with Crippen LogP contribution in [0.1, 0.15) is 35.3 Å². The minimum Gasteiger partial charge on any atom is -0.457 e. The Bertz CT molecular complexity index is 627. The van der Waals surface area contributed by atoms with Crippen LogP contribution in [0.25, 0.3) is 0 Å². The van der Waals surface area contributed by atoms with E-state index in [0.29, 0.717) is 11.3 Å². The van der Waals surface area contributed by atoms with Crippen molar-refractivity contribution in [3.63, 3.8) is 0 Å². The second-order valence-corrected chi connectivity index (χ2v) is 5.58. The molecule has 3 nitrogen and oxygen atoms in total. The zero-order valence-corrected chi connectivity index (χ0v) is 12.9. The van der Waals surface area contributed by atoms with E-state index in [4.69, 9.17) is 4.74 Å². The van der Waals surface area contributed by atoms with Gasteiger partial charge in [0, 0.05) is 11.6 Å². The zero-order chi connectivity index (χ0) is 15.4. The summed E-state index contributed by atoms with van der Waals surface area (Å²) in [6.07, 6.45) is 0. The Kier molecular flexibility index (Phi) is 4.63. The quantitative estimate of drug-likeness (QED) is 0.911. The van der Waals surface area contributed by atoms with Gasteiger partial charge in [-0.05, 0) is 69.2 Å². The number of ether oxygens (including phenoxy) is 1. The lowest BCUT2D eigenvalue weighted by Gasteiger charge is -2.11. The van der Waals surface area contributed by atoms with Gasteiger partial charge in [-0.15, -0.1) is 0 Å². The highest BCUT2D eigenvalue weighted by Crippen LogP contribution is 2.24. The number of amides is 1. The molecule has 2 aromatic rings. The summed E-state index contributed by atoms with van der Waals surface area (Å²) in [5.41, 5.74) is 2.91. The van der Waals surface area contributed by atoms with Crippen molar-refractivity contribution >= 4 is 5.91 Å². The van der Waals surface area contributed by atoms with Crippen LogP contribution >= 0.6 is 0 Å². The van der Waals surface area contributed by atoms with Crippen LogP contribution in [0.15, 0.2) is 42.5 Å². The predicted molar refractivity (Wildman–Crippen MR) is 85.0 cm³/mol. The lowest BCUT2D eigenvalue weighted by molar-refractivity contribution is 0.0943. The van der Waals surface area contributed by atoms with E-state index >= 15 is 0 Å². The van der Waals surface area contributed by atoms with Crippen molar-refractivity contribution in [2.75, 3.05) is 0 Å². The Labute approximate surface area is 126 Å². The van der Waals surface area contributed by atoms with Gasteiger partial charge in [0.15, 0.2) is 0 Å². The summed E-state index contributed by atoms with van der Waals surface area (Å²) >= 11 is 0. The lowest BCUT2D eigenvalue weighted by atomic mass is 10.1. The molecule has 0 spiro atoms. The van der Waals surface area contributed by atoms with Gasteiger partial charge in [-0.2, -0.15) is 0 Å². The van der Waals surface area contributed by atoms with Gasteiger partial charge in [0.1, 0.15) is 11.5 Å². The Hall–Kier alpha value is -2.29. The second-order valence-electron chi connectivity index (χ2n) is 5.58. The fraction of sp³-hybridized carbons (Fsp3) is 0.278. The molecule has 0 aromatic heterocycles. The molecule has 0 heterocycles. The molecule has 0 bridgehead atoms. The normalized spacial score (nSPS) is 10.5. The summed E-state index contributed by atoms with van der Waals surface area (Å²) in [5, 5.41) is 2.87. The summed E-state index contributed by atoms with van der Waals surface area (Å²) in [6.45, 7) is 7.94. The Morgan fingerprint density at radius 1 is 1.00 bits per heavy atom. The van der Waals surface area contributed by atoms with Crippen LogP contribution in [0.4, 0.5) is 0 Å². The van der Waals surface area contributed by atoms with Gasteiger partial charge in [0.05, 0.1) is 0 Å². The molecule has 2 aromatic carbocycles. The Morgan fingerprint density at radius 2 is 1.67 bits per heavy atom. The van der Waals surface area contributed by atoms with Gasteiger partial charge in [0.2, 0.25) is 0 Å². The standard InChI is InChI=1S/C18H21NO2/c1-12(2)19-18(20)15-6-5-7-16(11-15)21-17-9-13(3)8-14(4)10-17/h5-12H,1-4H3,(H,19,20). The maximum atomic E-state index is 12.0. The average Bonchev–Trinajstić information content (AvgIpc) is 2.37. The molecular formula is C18H21NO2. The minimum absolute atomic E-state index is 0.0872. The van der Waals surface area contributed by atoms with Crippen LogP contribution in [-0.4, -0.2) is 11.9 Å². The number of rotatable bonds is 4. The third kappa shape index (κ3) is 4.35. The number of hydrogen-bond acceptors (Lipinski definition) is 2. The zero-order valence-electron chi connectivity index (χ0n) is 12.9. The maximum absolute atomic E-state index is 12.0. The van der Waals surface area contributed by atoms with Crippen LogP contribution in [-0.2, 0) is 0 Å². The summed E-state index contributed by atoms with van der Waals surface area (Å²) in [4.78, 5) is 12.0. The van der Waals surface area contributed by atoms with Crippen molar-refractivity contribution in [2.24, 2.45) is 0 Å². The van der Waals surface area contributed by atoms with Gasteiger partial charge in [-0.3, -0.25) is 4.79 Å². The summed E-state index contributed by atoms with van der Waals surface area (Å²) in [7, 11) is 0. The molecule has 0 aliphatic heterocycles. The highest BCUT2D eigenvalue weighted by atomic mass is 16.5. The SMILES string of the molecule is Cc1cc(C)cc(Oc2cccc(C(=O)NC(C)C)c2)c1. The molecule has 0 aliphatic carbocycles. The highest BCUT2D eigenvalue weighted by Gasteiger charge is 2.08. The van der Waals surface area contributed by atoms with E-state index in [1.165, 1.54) is 0 Å². The molecule has 110 valence electrons. The fourth-order valence-electron chi connectivity index (χ4n) is 2.17. The van der Waals surface area contributed by atoms with E-state index in [-0.39, 0.29) is 11.9 Å². The Morgan fingerprint density at radius 3 is 2.29 bits per heavy atom. The van der Waals surface area contributed by atoms with E-state index in [1.807, 2.05) is 52.0 Å². The van der Waals surface area contributed by atoms with E-state index < -0.39 is 0 Å². The third-order valence-electron chi connectivity index (χ3n) is 2.95. The fourth-order valence-corrected chi connectivity index (χ4v) is 2.17. The van der Waals surface area contributed by atoms with Crippen LogP contribution < -0.4 is 10.1 Å². The summed E-state index contributed by atoms with van der Waals surface area (Å²) < 4.78 is 5.86. The topological polar surface area (TPSA) is 38.3 Å². The number of hydrogen-bond donors (Lipinski definition) is 1. The average molecular weight is 283 g/mol. The van der Waals surface area contributed by atoms with Crippen molar-refractivity contribution < 1.29 is 9.53 Å². The molecule has 3 heteroatoms. The summed E-state index contributed by atoms with van der Waals surface area (Å²) in [6, 6.07) is 13.4. The molecule has 0 aliphatic rings. The molecule has 1 N–H and O–H groups in total. The number of nitrogens with one attached hydrogen (secondary N) is 1. The number of aryl methyl sites for hydroxylation is 2. The largest absolute Gasteiger partial charge is 0.457 e. The van der Waals surface area contributed by atoms with Gasteiger partial charge in [-0.1, -0.05) is 12.1 Å². The third-order valence-corrected chi connectivity index (χ3v) is 2.95. The van der Waals surface area contributed by atoms with E-state index in [0.717, 1.165) is 16.9 Å². The molecule has 0 fully saturated rings. The molecule has 0 saturated heterocycles. The smallest absolute Gasteiger partial charge is 0.251 e.